The summed E-state index contributed by atoms with van der Waals surface area (Å²) in [6.07, 6.45) is 2.40. The molecule has 3 saturated carbocycles. The summed E-state index contributed by atoms with van der Waals surface area (Å²) in [5.41, 5.74) is 0.526. The molecular formula is C10H18O. The van der Waals surface area contributed by atoms with Crippen LogP contribution in [0.25, 0.3) is 0 Å². The molecule has 0 heterocycles. The molecule has 0 aromatic carbocycles. The molecule has 2 bridgehead atoms. The molecule has 1 heteroatoms. The molecule has 4 atom stereocenters. The summed E-state index contributed by atoms with van der Waals surface area (Å²) in [7, 11) is 0. The zero-order valence-electron chi connectivity index (χ0n) is 7.67. The van der Waals surface area contributed by atoms with E-state index >= 15 is 0 Å². The van der Waals surface area contributed by atoms with Crippen molar-refractivity contribution in [1.82, 2.24) is 0 Å². The average molecular weight is 154 g/mol. The number of aliphatic hydroxyl groups is 1. The van der Waals surface area contributed by atoms with Gasteiger partial charge in [0, 0.05) is 0 Å². The molecule has 3 rings (SSSR count). The first-order chi connectivity index (χ1) is 5.03. The van der Waals surface area contributed by atoms with E-state index in [4.69, 9.17) is 0 Å². The van der Waals surface area contributed by atoms with Gasteiger partial charge in [0.2, 0.25) is 0 Å². The summed E-state index contributed by atoms with van der Waals surface area (Å²) >= 11 is 0. The number of hydrogen-bond donors (Lipinski definition) is 1. The Balaban J connectivity index is 2.17. The molecule has 3 aliphatic rings. The molecule has 11 heavy (non-hydrogen) atoms. The molecule has 0 spiro atoms. The van der Waals surface area contributed by atoms with Gasteiger partial charge in [-0.2, -0.15) is 0 Å². The van der Waals surface area contributed by atoms with Gasteiger partial charge in [0.1, 0.15) is 0 Å². The van der Waals surface area contributed by atoms with Gasteiger partial charge in [-0.1, -0.05) is 20.8 Å². The SMILES string of the molecule is C[C@@H]1C2CC(C[C@H]1O)C2(C)C. The van der Waals surface area contributed by atoms with Crippen molar-refractivity contribution in [2.45, 2.75) is 39.7 Å². The fourth-order valence-electron chi connectivity index (χ4n) is 3.12. The highest BCUT2D eigenvalue weighted by Crippen LogP contribution is 2.61. The third-order valence-corrected chi connectivity index (χ3v) is 4.31. The van der Waals surface area contributed by atoms with Crippen LogP contribution in [0, 0.1) is 23.2 Å². The molecule has 0 saturated heterocycles. The van der Waals surface area contributed by atoms with Gasteiger partial charge < -0.3 is 5.11 Å². The van der Waals surface area contributed by atoms with E-state index in [1.165, 1.54) is 6.42 Å². The second kappa shape index (κ2) is 2.01. The lowest BCUT2D eigenvalue weighted by molar-refractivity contribution is -0.154. The van der Waals surface area contributed by atoms with Crippen LogP contribution in [0.3, 0.4) is 0 Å². The van der Waals surface area contributed by atoms with Crippen LogP contribution in [-0.2, 0) is 0 Å². The maximum Gasteiger partial charge on any atom is 0.0571 e. The van der Waals surface area contributed by atoms with E-state index in [9.17, 15) is 5.11 Å². The first-order valence-corrected chi connectivity index (χ1v) is 4.71. The minimum atomic E-state index is -0.00762. The minimum Gasteiger partial charge on any atom is -0.393 e. The molecule has 0 aromatic rings. The molecule has 1 nitrogen and oxygen atoms in total. The highest BCUT2D eigenvalue weighted by atomic mass is 16.3. The average Bonchev–Trinajstić information content (AvgIpc) is 1.93. The summed E-state index contributed by atoms with van der Waals surface area (Å²) in [5, 5.41) is 9.61. The van der Waals surface area contributed by atoms with Crippen molar-refractivity contribution in [3.8, 4) is 0 Å². The van der Waals surface area contributed by atoms with Crippen molar-refractivity contribution in [3.63, 3.8) is 0 Å². The zero-order valence-corrected chi connectivity index (χ0v) is 7.67. The topological polar surface area (TPSA) is 20.2 Å². The third kappa shape index (κ3) is 0.807. The van der Waals surface area contributed by atoms with Gasteiger partial charge in [-0.25, -0.2) is 0 Å². The van der Waals surface area contributed by atoms with Crippen LogP contribution in [0.15, 0.2) is 0 Å². The summed E-state index contributed by atoms with van der Waals surface area (Å²) in [5.74, 6) is 2.13. The van der Waals surface area contributed by atoms with Gasteiger partial charge in [-0.15, -0.1) is 0 Å². The van der Waals surface area contributed by atoms with E-state index in [0.29, 0.717) is 11.3 Å². The number of aliphatic hydroxyl groups excluding tert-OH is 1. The molecule has 3 fully saturated rings. The summed E-state index contributed by atoms with van der Waals surface area (Å²) < 4.78 is 0. The smallest absolute Gasteiger partial charge is 0.0571 e. The second-order valence-electron chi connectivity index (χ2n) is 5.02. The molecule has 0 amide bonds. The Morgan fingerprint density at radius 3 is 2.27 bits per heavy atom. The van der Waals surface area contributed by atoms with E-state index in [1.54, 1.807) is 0 Å². The van der Waals surface area contributed by atoms with E-state index in [-0.39, 0.29) is 6.10 Å². The molecule has 0 aromatic heterocycles. The van der Waals surface area contributed by atoms with Gasteiger partial charge in [0.15, 0.2) is 0 Å². The Labute approximate surface area is 68.8 Å². The van der Waals surface area contributed by atoms with Gasteiger partial charge >= 0.3 is 0 Å². The van der Waals surface area contributed by atoms with Crippen LogP contribution in [0.4, 0.5) is 0 Å². The third-order valence-electron chi connectivity index (χ3n) is 4.31. The second-order valence-corrected chi connectivity index (χ2v) is 5.02. The largest absolute Gasteiger partial charge is 0.393 e. The van der Waals surface area contributed by atoms with Crippen molar-refractivity contribution >= 4 is 0 Å². The molecule has 2 unspecified atom stereocenters. The first-order valence-electron chi connectivity index (χ1n) is 4.71. The molecule has 3 aliphatic carbocycles. The normalized spacial score (nSPS) is 53.5. The van der Waals surface area contributed by atoms with Crippen LogP contribution in [-0.4, -0.2) is 11.2 Å². The maximum absolute atomic E-state index is 9.61. The number of rotatable bonds is 0. The van der Waals surface area contributed by atoms with Gasteiger partial charge in [-0.3, -0.25) is 0 Å². The molecule has 0 aliphatic heterocycles. The van der Waals surface area contributed by atoms with E-state index in [1.807, 2.05) is 0 Å². The van der Waals surface area contributed by atoms with E-state index in [0.717, 1.165) is 18.3 Å². The van der Waals surface area contributed by atoms with Crippen LogP contribution in [0.2, 0.25) is 0 Å². The van der Waals surface area contributed by atoms with Crippen molar-refractivity contribution in [3.05, 3.63) is 0 Å². The highest BCUT2D eigenvalue weighted by Gasteiger charge is 2.55. The Kier molecular flexibility index (Phi) is 1.39. The van der Waals surface area contributed by atoms with E-state index < -0.39 is 0 Å². The quantitative estimate of drug-likeness (QED) is 0.566. The van der Waals surface area contributed by atoms with Crippen LogP contribution >= 0.6 is 0 Å². The molecule has 0 radical (unpaired) electrons. The number of hydrogen-bond acceptors (Lipinski definition) is 1. The monoisotopic (exact) mass is 154 g/mol. The lowest BCUT2D eigenvalue weighted by Crippen LogP contribution is -2.56. The fourth-order valence-corrected chi connectivity index (χ4v) is 3.12. The van der Waals surface area contributed by atoms with Crippen molar-refractivity contribution in [1.29, 1.82) is 0 Å². The molecule has 1 N–H and O–H groups in total. The Morgan fingerprint density at radius 1 is 1.27 bits per heavy atom. The summed E-state index contributed by atoms with van der Waals surface area (Å²) in [6, 6.07) is 0. The fraction of sp³-hybridized carbons (Fsp3) is 1.00. The van der Waals surface area contributed by atoms with Crippen molar-refractivity contribution < 1.29 is 5.11 Å². The Morgan fingerprint density at radius 2 is 1.91 bits per heavy atom. The van der Waals surface area contributed by atoms with Gasteiger partial charge in [0.25, 0.3) is 0 Å². The molecular weight excluding hydrogens is 136 g/mol. The first kappa shape index (κ1) is 7.60. The van der Waals surface area contributed by atoms with Gasteiger partial charge in [0.05, 0.1) is 6.10 Å². The predicted octanol–water partition coefficient (Wildman–Crippen LogP) is 2.05. The molecule has 64 valence electrons. The lowest BCUT2D eigenvalue weighted by atomic mass is 9.45. The Bertz CT molecular complexity index is 174. The maximum atomic E-state index is 9.61. The zero-order chi connectivity index (χ0) is 8.22. The van der Waals surface area contributed by atoms with E-state index in [2.05, 4.69) is 20.8 Å². The Hall–Kier alpha value is -0.0400. The highest BCUT2D eigenvalue weighted by molar-refractivity contribution is 5.04. The lowest BCUT2D eigenvalue weighted by Gasteiger charge is -2.61. The summed E-state index contributed by atoms with van der Waals surface area (Å²) in [6.45, 7) is 6.91. The predicted molar refractivity (Wildman–Crippen MR) is 45.2 cm³/mol. The van der Waals surface area contributed by atoms with Gasteiger partial charge in [-0.05, 0) is 36.0 Å². The van der Waals surface area contributed by atoms with Crippen LogP contribution < -0.4 is 0 Å². The summed E-state index contributed by atoms with van der Waals surface area (Å²) in [4.78, 5) is 0. The van der Waals surface area contributed by atoms with Crippen LogP contribution in [0.5, 0.6) is 0 Å². The van der Waals surface area contributed by atoms with Crippen molar-refractivity contribution in [2.75, 3.05) is 0 Å². The standard InChI is InChI=1S/C10H18O/c1-6-8-4-7(5-9(6)11)10(8,2)3/h6-9,11H,4-5H2,1-3H3/t6-,7?,8?,9-/m1/s1. The van der Waals surface area contributed by atoms with Crippen molar-refractivity contribution in [2.24, 2.45) is 23.2 Å². The minimum absolute atomic E-state index is 0.00762. The number of fused-ring (bicyclic) bond motifs is 2. The van der Waals surface area contributed by atoms with Crippen LogP contribution in [0.1, 0.15) is 33.6 Å².